The fourth-order valence-electron chi connectivity index (χ4n) is 2.89. The first-order valence-electron chi connectivity index (χ1n) is 6.73. The van der Waals surface area contributed by atoms with Crippen molar-refractivity contribution >= 4 is 5.91 Å². The lowest BCUT2D eigenvalue weighted by Gasteiger charge is -2.16. The summed E-state index contributed by atoms with van der Waals surface area (Å²) in [4.78, 5) is 24.2. The molecule has 0 aliphatic heterocycles. The van der Waals surface area contributed by atoms with E-state index in [0.29, 0.717) is 0 Å². The largest absolute Gasteiger partial charge is 0.355 e. The van der Waals surface area contributed by atoms with Crippen LogP contribution in [-0.4, -0.2) is 17.5 Å². The lowest BCUT2D eigenvalue weighted by atomic mass is 10.1. The zero-order valence-electron chi connectivity index (χ0n) is 11.3. The molecule has 1 unspecified atom stereocenters. The van der Waals surface area contributed by atoms with Crippen molar-refractivity contribution in [1.82, 2.24) is 9.88 Å². The molecule has 1 heterocycles. The molecule has 0 bridgehead atoms. The summed E-state index contributed by atoms with van der Waals surface area (Å²) in [5.41, 5.74) is 2.44. The van der Waals surface area contributed by atoms with Crippen LogP contribution in [0.4, 0.5) is 0 Å². The van der Waals surface area contributed by atoms with Gasteiger partial charge in [-0.05, 0) is 36.1 Å². The van der Waals surface area contributed by atoms with E-state index >= 15 is 0 Å². The Morgan fingerprint density at radius 1 is 1.25 bits per heavy atom. The topological polar surface area (TPSA) is 51.1 Å². The van der Waals surface area contributed by atoms with Crippen molar-refractivity contribution in [2.24, 2.45) is 0 Å². The van der Waals surface area contributed by atoms with Crippen LogP contribution in [0.2, 0.25) is 0 Å². The third kappa shape index (κ3) is 1.93. The molecule has 0 spiro atoms. The van der Waals surface area contributed by atoms with E-state index in [0.717, 1.165) is 12.8 Å². The number of aromatic nitrogens is 1. The van der Waals surface area contributed by atoms with Crippen LogP contribution in [0.1, 0.15) is 33.9 Å². The smallest absolute Gasteiger partial charge is 0.263 e. The second kappa shape index (κ2) is 4.96. The standard InChI is InChI=1S/C16H16N2O2/c1-17-15(19)13-7-4-10-18(16(13)20)14-9-8-11-5-2-3-6-12(11)14/h2-7,10,14H,8-9H2,1H3,(H,17,19). The first-order chi connectivity index (χ1) is 9.72. The molecule has 4 heteroatoms. The second-order valence-corrected chi connectivity index (χ2v) is 4.97. The van der Waals surface area contributed by atoms with Crippen LogP contribution in [0, 0.1) is 0 Å². The molecule has 0 saturated heterocycles. The monoisotopic (exact) mass is 268 g/mol. The molecule has 2 aromatic rings. The molecule has 0 saturated carbocycles. The molecule has 1 aromatic heterocycles. The van der Waals surface area contributed by atoms with Crippen molar-refractivity contribution in [3.8, 4) is 0 Å². The van der Waals surface area contributed by atoms with E-state index in [-0.39, 0.29) is 23.1 Å². The number of fused-ring (bicyclic) bond motifs is 1. The van der Waals surface area contributed by atoms with Crippen LogP contribution >= 0.6 is 0 Å². The number of hydrogen-bond acceptors (Lipinski definition) is 2. The number of nitrogens with one attached hydrogen (secondary N) is 1. The molecular formula is C16H16N2O2. The lowest BCUT2D eigenvalue weighted by molar-refractivity contribution is 0.0961. The van der Waals surface area contributed by atoms with Gasteiger partial charge in [-0.3, -0.25) is 9.59 Å². The Labute approximate surface area is 117 Å². The van der Waals surface area contributed by atoms with Crippen molar-refractivity contribution in [3.63, 3.8) is 0 Å². The fraction of sp³-hybridized carbons (Fsp3) is 0.250. The number of hydrogen-bond donors (Lipinski definition) is 1. The molecule has 4 nitrogen and oxygen atoms in total. The number of nitrogens with zero attached hydrogens (tertiary/aromatic N) is 1. The molecular weight excluding hydrogens is 252 g/mol. The molecule has 1 aromatic carbocycles. The predicted molar refractivity (Wildman–Crippen MR) is 77.0 cm³/mol. The molecule has 0 fully saturated rings. The van der Waals surface area contributed by atoms with Gasteiger partial charge in [0.15, 0.2) is 0 Å². The highest BCUT2D eigenvalue weighted by atomic mass is 16.2. The summed E-state index contributed by atoms with van der Waals surface area (Å²) in [6, 6.07) is 11.5. The van der Waals surface area contributed by atoms with E-state index in [9.17, 15) is 9.59 Å². The molecule has 0 radical (unpaired) electrons. The fourth-order valence-corrected chi connectivity index (χ4v) is 2.89. The quantitative estimate of drug-likeness (QED) is 0.902. The molecule has 1 atom stereocenters. The average molecular weight is 268 g/mol. The van der Waals surface area contributed by atoms with Crippen molar-refractivity contribution in [3.05, 3.63) is 69.6 Å². The summed E-state index contributed by atoms with van der Waals surface area (Å²) in [6.45, 7) is 0. The first-order valence-corrected chi connectivity index (χ1v) is 6.73. The van der Waals surface area contributed by atoms with Gasteiger partial charge < -0.3 is 9.88 Å². The van der Waals surface area contributed by atoms with Gasteiger partial charge in [0.2, 0.25) is 0 Å². The molecule has 1 aliphatic rings. The Kier molecular flexibility index (Phi) is 3.14. The zero-order chi connectivity index (χ0) is 14.1. The van der Waals surface area contributed by atoms with Crippen LogP contribution in [0.15, 0.2) is 47.4 Å². The van der Waals surface area contributed by atoms with Crippen LogP contribution in [0.5, 0.6) is 0 Å². The van der Waals surface area contributed by atoms with Gasteiger partial charge in [0.25, 0.3) is 11.5 Å². The van der Waals surface area contributed by atoms with Gasteiger partial charge in [-0.25, -0.2) is 0 Å². The average Bonchev–Trinajstić information content (AvgIpc) is 2.90. The SMILES string of the molecule is CNC(=O)c1cccn(C2CCc3ccccc32)c1=O. The maximum absolute atomic E-state index is 12.5. The second-order valence-electron chi connectivity index (χ2n) is 4.97. The van der Waals surface area contributed by atoms with Gasteiger partial charge in [0, 0.05) is 13.2 Å². The molecule has 1 amide bonds. The third-order valence-corrected chi connectivity index (χ3v) is 3.88. The normalized spacial score (nSPS) is 16.8. The minimum Gasteiger partial charge on any atom is -0.355 e. The van der Waals surface area contributed by atoms with Crippen molar-refractivity contribution in [2.75, 3.05) is 7.05 Å². The molecule has 20 heavy (non-hydrogen) atoms. The van der Waals surface area contributed by atoms with E-state index in [1.54, 1.807) is 22.9 Å². The van der Waals surface area contributed by atoms with Gasteiger partial charge in [-0.1, -0.05) is 24.3 Å². The number of carbonyl (C=O) groups excluding carboxylic acids is 1. The maximum Gasteiger partial charge on any atom is 0.263 e. The molecule has 102 valence electrons. The molecule has 1 aliphatic carbocycles. The Hall–Kier alpha value is -2.36. The third-order valence-electron chi connectivity index (χ3n) is 3.88. The van der Waals surface area contributed by atoms with Gasteiger partial charge in [-0.15, -0.1) is 0 Å². The van der Waals surface area contributed by atoms with Gasteiger partial charge in [0.05, 0.1) is 6.04 Å². The lowest BCUT2D eigenvalue weighted by Crippen LogP contribution is -2.32. The highest BCUT2D eigenvalue weighted by Crippen LogP contribution is 2.32. The number of carbonyl (C=O) groups is 1. The summed E-state index contributed by atoms with van der Waals surface area (Å²) in [5.74, 6) is -0.337. The van der Waals surface area contributed by atoms with E-state index in [1.165, 1.54) is 18.2 Å². The van der Waals surface area contributed by atoms with Gasteiger partial charge in [0.1, 0.15) is 5.56 Å². The van der Waals surface area contributed by atoms with E-state index in [4.69, 9.17) is 0 Å². The molecule has 3 rings (SSSR count). The van der Waals surface area contributed by atoms with Crippen molar-refractivity contribution < 1.29 is 4.79 Å². The van der Waals surface area contributed by atoms with Crippen molar-refractivity contribution in [1.29, 1.82) is 0 Å². The maximum atomic E-state index is 12.5. The summed E-state index contributed by atoms with van der Waals surface area (Å²) < 4.78 is 1.68. The minimum atomic E-state index is -0.337. The van der Waals surface area contributed by atoms with Crippen LogP contribution in [-0.2, 0) is 6.42 Å². The van der Waals surface area contributed by atoms with E-state index in [2.05, 4.69) is 17.4 Å². The summed E-state index contributed by atoms with van der Waals surface area (Å²) in [6.07, 6.45) is 3.63. The summed E-state index contributed by atoms with van der Waals surface area (Å²) in [7, 11) is 1.53. The number of aryl methyl sites for hydroxylation is 1. The Bertz CT molecular complexity index is 718. The summed E-state index contributed by atoms with van der Waals surface area (Å²) in [5, 5.41) is 2.51. The van der Waals surface area contributed by atoms with Crippen LogP contribution < -0.4 is 10.9 Å². The van der Waals surface area contributed by atoms with Crippen LogP contribution in [0.3, 0.4) is 0 Å². The minimum absolute atomic E-state index is 0.0308. The van der Waals surface area contributed by atoms with Gasteiger partial charge >= 0.3 is 0 Å². The highest BCUT2D eigenvalue weighted by Gasteiger charge is 2.25. The van der Waals surface area contributed by atoms with E-state index < -0.39 is 0 Å². The molecule has 1 N–H and O–H groups in total. The number of benzene rings is 1. The first kappa shape index (κ1) is 12.7. The highest BCUT2D eigenvalue weighted by molar-refractivity contribution is 5.93. The Morgan fingerprint density at radius 3 is 2.85 bits per heavy atom. The number of pyridine rings is 1. The predicted octanol–water partition coefficient (Wildman–Crippen LogP) is 1.74. The van der Waals surface area contributed by atoms with Crippen LogP contribution in [0.25, 0.3) is 0 Å². The number of rotatable bonds is 2. The summed E-state index contributed by atoms with van der Waals surface area (Å²) >= 11 is 0. The zero-order valence-corrected chi connectivity index (χ0v) is 11.3. The van der Waals surface area contributed by atoms with Gasteiger partial charge in [-0.2, -0.15) is 0 Å². The Morgan fingerprint density at radius 2 is 2.05 bits per heavy atom. The van der Waals surface area contributed by atoms with E-state index in [1.807, 2.05) is 12.1 Å². The number of amides is 1. The van der Waals surface area contributed by atoms with Crippen molar-refractivity contribution in [2.45, 2.75) is 18.9 Å². The Balaban J connectivity index is 2.09.